The zero-order valence-electron chi connectivity index (χ0n) is 18.9. The Morgan fingerprint density at radius 3 is 2.44 bits per heavy atom. The fraction of sp³-hybridized carbons (Fsp3) is 0.208. The van der Waals surface area contributed by atoms with Gasteiger partial charge in [-0.15, -0.1) is 10.2 Å². The number of nitrogens with zero attached hydrogens (tertiary/aromatic N) is 6. The van der Waals surface area contributed by atoms with Crippen LogP contribution >= 0.6 is 0 Å². The lowest BCUT2D eigenvalue weighted by molar-refractivity contribution is 0.181. The lowest BCUT2D eigenvalue weighted by Crippen LogP contribution is -2.23. The van der Waals surface area contributed by atoms with Crippen LogP contribution in [0.25, 0.3) is 27.9 Å². The van der Waals surface area contributed by atoms with Crippen molar-refractivity contribution in [3.05, 3.63) is 76.5 Å². The lowest BCUT2D eigenvalue weighted by Gasteiger charge is -2.11. The first-order valence-corrected chi connectivity index (χ1v) is 10.5. The Kier molecular flexibility index (Phi) is 5.64. The van der Waals surface area contributed by atoms with Gasteiger partial charge in [0, 0.05) is 7.11 Å². The molecule has 0 aliphatic carbocycles. The van der Waals surface area contributed by atoms with Gasteiger partial charge in [0.05, 0.1) is 38.6 Å². The number of methoxy groups -OCH3 is 3. The number of fused-ring (bicyclic) bond motifs is 3. The van der Waals surface area contributed by atoms with Gasteiger partial charge in [0.1, 0.15) is 6.33 Å². The minimum absolute atomic E-state index is 0.126. The van der Waals surface area contributed by atoms with Crippen molar-refractivity contribution in [3.8, 4) is 22.6 Å². The Morgan fingerprint density at radius 2 is 1.71 bits per heavy atom. The number of aromatic nitrogens is 6. The van der Waals surface area contributed by atoms with E-state index in [-0.39, 0.29) is 24.2 Å². The van der Waals surface area contributed by atoms with Crippen molar-refractivity contribution in [2.75, 3.05) is 21.3 Å². The van der Waals surface area contributed by atoms with E-state index in [1.165, 1.54) is 10.9 Å². The van der Waals surface area contributed by atoms with E-state index in [1.807, 2.05) is 42.5 Å². The predicted molar refractivity (Wildman–Crippen MR) is 125 cm³/mol. The molecule has 34 heavy (non-hydrogen) atoms. The molecule has 0 fully saturated rings. The largest absolute Gasteiger partial charge is 0.493 e. The van der Waals surface area contributed by atoms with Crippen LogP contribution in [0.5, 0.6) is 11.5 Å². The SMILES string of the molecule is COCc1nn2c(nnc3c(=O)n(Cc4ccc(OC)c(OC)c4)cnc32)c1-c1ccccc1. The summed E-state index contributed by atoms with van der Waals surface area (Å²) in [5.74, 6) is 1.20. The number of ether oxygens (including phenoxy) is 3. The van der Waals surface area contributed by atoms with Gasteiger partial charge in [0.2, 0.25) is 0 Å². The zero-order chi connectivity index (χ0) is 23.7. The molecule has 0 N–H and O–H groups in total. The normalized spacial score (nSPS) is 11.3. The molecular weight excluding hydrogens is 436 g/mol. The van der Waals surface area contributed by atoms with Crippen LogP contribution in [0.1, 0.15) is 11.3 Å². The standard InChI is InChI=1S/C24H22N6O4/c1-32-13-17-20(16-7-5-4-6-8-16)22-27-26-21-23(30(22)28-17)25-14-29(24(21)31)12-15-9-10-18(33-2)19(11-15)34-3/h4-11,14H,12-13H2,1-3H3. The highest BCUT2D eigenvalue weighted by atomic mass is 16.5. The van der Waals surface area contributed by atoms with Gasteiger partial charge in [-0.3, -0.25) is 9.36 Å². The highest BCUT2D eigenvalue weighted by molar-refractivity contribution is 5.83. The smallest absolute Gasteiger partial charge is 0.283 e. The first-order valence-electron chi connectivity index (χ1n) is 10.5. The van der Waals surface area contributed by atoms with E-state index in [2.05, 4.69) is 20.3 Å². The fourth-order valence-electron chi connectivity index (χ4n) is 3.93. The molecule has 10 nitrogen and oxygen atoms in total. The van der Waals surface area contributed by atoms with Crippen molar-refractivity contribution in [2.45, 2.75) is 13.2 Å². The van der Waals surface area contributed by atoms with Gasteiger partial charge in [0.25, 0.3) is 5.56 Å². The average molecular weight is 458 g/mol. The Morgan fingerprint density at radius 1 is 0.912 bits per heavy atom. The lowest BCUT2D eigenvalue weighted by atomic mass is 10.1. The molecule has 10 heteroatoms. The molecule has 0 unspecified atom stereocenters. The molecule has 2 aromatic carbocycles. The Balaban J connectivity index is 1.62. The van der Waals surface area contributed by atoms with Crippen LogP contribution in [-0.2, 0) is 17.9 Å². The monoisotopic (exact) mass is 458 g/mol. The summed E-state index contributed by atoms with van der Waals surface area (Å²) in [6.45, 7) is 0.566. The minimum atomic E-state index is -0.320. The summed E-state index contributed by atoms with van der Waals surface area (Å²) in [6, 6.07) is 15.2. The quantitative estimate of drug-likeness (QED) is 0.367. The second kappa shape index (κ2) is 8.91. The summed E-state index contributed by atoms with van der Waals surface area (Å²) < 4.78 is 19.0. The maximum Gasteiger partial charge on any atom is 0.283 e. The van der Waals surface area contributed by atoms with E-state index in [9.17, 15) is 4.79 Å². The van der Waals surface area contributed by atoms with E-state index in [1.54, 1.807) is 31.9 Å². The first-order chi connectivity index (χ1) is 16.6. The third-order valence-corrected chi connectivity index (χ3v) is 5.52. The van der Waals surface area contributed by atoms with Gasteiger partial charge < -0.3 is 14.2 Å². The highest BCUT2D eigenvalue weighted by Crippen LogP contribution is 2.29. The second-order valence-electron chi connectivity index (χ2n) is 7.60. The molecule has 0 bridgehead atoms. The van der Waals surface area contributed by atoms with Crippen molar-refractivity contribution in [2.24, 2.45) is 0 Å². The third-order valence-electron chi connectivity index (χ3n) is 5.52. The van der Waals surface area contributed by atoms with Crippen LogP contribution in [0.3, 0.4) is 0 Å². The molecule has 0 aliphatic heterocycles. The van der Waals surface area contributed by atoms with Crippen LogP contribution in [0.4, 0.5) is 0 Å². The second-order valence-corrected chi connectivity index (χ2v) is 7.60. The summed E-state index contributed by atoms with van der Waals surface area (Å²) in [5, 5.41) is 13.2. The third kappa shape index (κ3) is 3.63. The summed E-state index contributed by atoms with van der Waals surface area (Å²) in [4.78, 5) is 17.8. The minimum Gasteiger partial charge on any atom is -0.493 e. The number of hydrogen-bond donors (Lipinski definition) is 0. The molecule has 0 saturated heterocycles. The van der Waals surface area contributed by atoms with Crippen molar-refractivity contribution in [1.29, 1.82) is 0 Å². The van der Waals surface area contributed by atoms with Crippen LogP contribution < -0.4 is 15.0 Å². The summed E-state index contributed by atoms with van der Waals surface area (Å²) in [5.41, 5.74) is 3.91. The molecule has 0 amide bonds. The molecule has 0 spiro atoms. The maximum absolute atomic E-state index is 13.2. The van der Waals surface area contributed by atoms with Crippen molar-refractivity contribution in [3.63, 3.8) is 0 Å². The first kappa shape index (κ1) is 21.5. The van der Waals surface area contributed by atoms with E-state index in [4.69, 9.17) is 14.2 Å². The molecule has 172 valence electrons. The summed E-state index contributed by atoms with van der Waals surface area (Å²) in [6.07, 6.45) is 1.49. The molecule has 5 aromatic rings. The Bertz CT molecular complexity index is 1540. The highest BCUT2D eigenvalue weighted by Gasteiger charge is 2.20. The van der Waals surface area contributed by atoms with Crippen LogP contribution in [0.2, 0.25) is 0 Å². The van der Waals surface area contributed by atoms with Crippen molar-refractivity contribution < 1.29 is 14.2 Å². The maximum atomic E-state index is 13.2. The molecule has 5 rings (SSSR count). The molecule has 3 aromatic heterocycles. The predicted octanol–water partition coefficient (Wildman–Crippen LogP) is 2.71. The van der Waals surface area contributed by atoms with Gasteiger partial charge >= 0.3 is 0 Å². The molecular formula is C24H22N6O4. The zero-order valence-corrected chi connectivity index (χ0v) is 18.9. The van der Waals surface area contributed by atoms with E-state index in [0.29, 0.717) is 28.5 Å². The van der Waals surface area contributed by atoms with E-state index >= 15 is 0 Å². The van der Waals surface area contributed by atoms with Gasteiger partial charge in [-0.2, -0.15) is 9.61 Å². The topological polar surface area (TPSA) is 106 Å². The number of benzene rings is 2. The number of hydrogen-bond acceptors (Lipinski definition) is 8. The van der Waals surface area contributed by atoms with E-state index in [0.717, 1.165) is 16.7 Å². The van der Waals surface area contributed by atoms with E-state index < -0.39 is 0 Å². The number of rotatable bonds is 7. The van der Waals surface area contributed by atoms with Crippen LogP contribution in [-0.4, -0.2) is 50.7 Å². The Hall–Kier alpha value is -4.31. The molecule has 3 heterocycles. The molecule has 0 aliphatic rings. The molecule has 0 radical (unpaired) electrons. The molecule has 0 saturated carbocycles. The van der Waals surface area contributed by atoms with Gasteiger partial charge in [-0.05, 0) is 23.3 Å². The fourth-order valence-corrected chi connectivity index (χ4v) is 3.93. The van der Waals surface area contributed by atoms with Crippen LogP contribution in [0.15, 0.2) is 59.7 Å². The Labute approximate surface area is 194 Å². The summed E-state index contributed by atoms with van der Waals surface area (Å²) >= 11 is 0. The van der Waals surface area contributed by atoms with Crippen molar-refractivity contribution in [1.82, 2.24) is 29.4 Å². The van der Waals surface area contributed by atoms with Gasteiger partial charge in [-0.1, -0.05) is 36.4 Å². The van der Waals surface area contributed by atoms with Crippen molar-refractivity contribution >= 4 is 16.8 Å². The van der Waals surface area contributed by atoms with Crippen LogP contribution in [0, 0.1) is 0 Å². The van der Waals surface area contributed by atoms with Gasteiger partial charge in [-0.25, -0.2) is 4.98 Å². The molecule has 0 atom stereocenters. The average Bonchev–Trinajstić information content (AvgIpc) is 3.24. The summed E-state index contributed by atoms with van der Waals surface area (Å²) in [7, 11) is 4.75. The van der Waals surface area contributed by atoms with Gasteiger partial charge in [0.15, 0.2) is 28.3 Å².